The van der Waals surface area contributed by atoms with Gasteiger partial charge in [-0.1, -0.05) is 17.7 Å². The van der Waals surface area contributed by atoms with E-state index in [9.17, 15) is 9.59 Å². The van der Waals surface area contributed by atoms with Crippen molar-refractivity contribution in [3.63, 3.8) is 0 Å². The summed E-state index contributed by atoms with van der Waals surface area (Å²) in [5.74, 6) is 0.447. The van der Waals surface area contributed by atoms with Gasteiger partial charge in [-0.05, 0) is 67.1 Å². The van der Waals surface area contributed by atoms with E-state index < -0.39 is 5.97 Å². The number of carbonyl (C=O) groups is 2. The Kier molecular flexibility index (Phi) is 7.01. The van der Waals surface area contributed by atoms with Gasteiger partial charge >= 0.3 is 5.97 Å². The third kappa shape index (κ3) is 5.70. The van der Waals surface area contributed by atoms with Gasteiger partial charge in [-0.2, -0.15) is 5.10 Å². The van der Waals surface area contributed by atoms with Gasteiger partial charge < -0.3 is 14.2 Å². The van der Waals surface area contributed by atoms with E-state index >= 15 is 0 Å². The standard InChI is InChI=1S/C24H22N2O5/c1-16-4-7-19(8-5-16)24(28)31-22-14-17(6-13-21(22)30-3)15-25-26-23(27)18-9-11-20(29-2)12-10-18/h4-15H,1-3H3,(H,26,27)/b25-15+. The molecule has 158 valence electrons. The molecule has 3 rings (SSSR count). The summed E-state index contributed by atoms with van der Waals surface area (Å²) in [5.41, 5.74) is 4.99. The maximum absolute atomic E-state index is 12.4. The van der Waals surface area contributed by atoms with E-state index in [4.69, 9.17) is 14.2 Å². The molecule has 7 nitrogen and oxygen atoms in total. The summed E-state index contributed by atoms with van der Waals surface area (Å²) >= 11 is 0. The minimum Gasteiger partial charge on any atom is -0.497 e. The average Bonchev–Trinajstić information content (AvgIpc) is 2.79. The van der Waals surface area contributed by atoms with Crippen molar-refractivity contribution in [3.05, 3.63) is 89.0 Å². The van der Waals surface area contributed by atoms with Gasteiger partial charge in [0.1, 0.15) is 5.75 Å². The third-order valence-corrected chi connectivity index (χ3v) is 4.41. The minimum atomic E-state index is -0.500. The first-order valence-corrected chi connectivity index (χ1v) is 9.44. The van der Waals surface area contributed by atoms with Crippen LogP contribution in [0.5, 0.6) is 17.2 Å². The molecule has 0 atom stereocenters. The van der Waals surface area contributed by atoms with E-state index in [1.165, 1.54) is 13.3 Å². The highest BCUT2D eigenvalue weighted by atomic mass is 16.6. The van der Waals surface area contributed by atoms with Crippen LogP contribution in [-0.2, 0) is 0 Å². The summed E-state index contributed by atoms with van der Waals surface area (Å²) in [6.07, 6.45) is 1.45. The number of methoxy groups -OCH3 is 2. The van der Waals surface area contributed by atoms with Gasteiger partial charge in [0, 0.05) is 5.56 Å². The van der Waals surface area contributed by atoms with Crippen LogP contribution in [0.3, 0.4) is 0 Å². The van der Waals surface area contributed by atoms with Crippen LogP contribution < -0.4 is 19.6 Å². The predicted molar refractivity (Wildman–Crippen MR) is 117 cm³/mol. The molecule has 0 spiro atoms. The van der Waals surface area contributed by atoms with E-state index in [1.807, 2.05) is 19.1 Å². The Hall–Kier alpha value is -4.13. The summed E-state index contributed by atoms with van der Waals surface area (Å²) in [4.78, 5) is 24.6. The van der Waals surface area contributed by atoms with Gasteiger partial charge in [-0.3, -0.25) is 4.79 Å². The van der Waals surface area contributed by atoms with Crippen molar-refractivity contribution in [2.75, 3.05) is 14.2 Å². The number of ether oxygens (including phenoxy) is 3. The van der Waals surface area contributed by atoms with Crippen molar-refractivity contribution in [3.8, 4) is 17.2 Å². The molecule has 7 heteroatoms. The Labute approximate surface area is 180 Å². The molecule has 0 bridgehead atoms. The number of nitrogens with one attached hydrogen (secondary N) is 1. The van der Waals surface area contributed by atoms with Crippen LogP contribution in [0.25, 0.3) is 0 Å². The fourth-order valence-corrected chi connectivity index (χ4v) is 2.67. The van der Waals surface area contributed by atoms with Crippen molar-refractivity contribution in [1.29, 1.82) is 0 Å². The molecule has 3 aromatic carbocycles. The van der Waals surface area contributed by atoms with Crippen LogP contribution in [0.1, 0.15) is 31.8 Å². The summed E-state index contributed by atoms with van der Waals surface area (Å²) in [6, 6.07) is 18.7. The van der Waals surface area contributed by atoms with Crippen molar-refractivity contribution >= 4 is 18.1 Å². The molecular formula is C24H22N2O5. The first-order valence-electron chi connectivity index (χ1n) is 9.44. The molecule has 3 aromatic rings. The van der Waals surface area contributed by atoms with E-state index in [1.54, 1.807) is 61.7 Å². The first-order chi connectivity index (χ1) is 15.0. The summed E-state index contributed by atoms with van der Waals surface area (Å²) < 4.78 is 15.8. The molecule has 1 N–H and O–H groups in total. The summed E-state index contributed by atoms with van der Waals surface area (Å²) in [6.45, 7) is 1.94. The highest BCUT2D eigenvalue weighted by Gasteiger charge is 2.13. The van der Waals surface area contributed by atoms with Gasteiger partial charge in [-0.25, -0.2) is 10.2 Å². The van der Waals surface area contributed by atoms with Crippen molar-refractivity contribution in [2.45, 2.75) is 6.92 Å². The second-order valence-corrected chi connectivity index (χ2v) is 6.59. The maximum atomic E-state index is 12.4. The Morgan fingerprint density at radius 2 is 1.52 bits per heavy atom. The number of amides is 1. The third-order valence-electron chi connectivity index (χ3n) is 4.41. The maximum Gasteiger partial charge on any atom is 0.343 e. The molecule has 0 aliphatic heterocycles. The van der Waals surface area contributed by atoms with Crippen LogP contribution in [0, 0.1) is 6.92 Å². The molecular weight excluding hydrogens is 396 g/mol. The molecule has 0 aromatic heterocycles. The lowest BCUT2D eigenvalue weighted by atomic mass is 10.1. The molecule has 0 saturated carbocycles. The van der Waals surface area contributed by atoms with E-state index in [0.717, 1.165) is 5.56 Å². The summed E-state index contributed by atoms with van der Waals surface area (Å²) in [5, 5.41) is 3.97. The van der Waals surface area contributed by atoms with Gasteiger partial charge in [0.2, 0.25) is 0 Å². The number of nitrogens with zero attached hydrogens (tertiary/aromatic N) is 1. The van der Waals surface area contributed by atoms with Gasteiger partial charge in [0.05, 0.1) is 26.0 Å². The zero-order chi connectivity index (χ0) is 22.2. The summed E-state index contributed by atoms with van der Waals surface area (Å²) in [7, 11) is 3.04. The molecule has 0 aliphatic carbocycles. The van der Waals surface area contributed by atoms with E-state index in [0.29, 0.717) is 28.2 Å². The molecule has 0 radical (unpaired) electrons. The SMILES string of the molecule is COc1ccc(C(=O)N/N=C/c2ccc(OC)c(OC(=O)c3ccc(C)cc3)c2)cc1. The molecule has 0 aliphatic rings. The number of hydrogen-bond acceptors (Lipinski definition) is 6. The van der Waals surface area contributed by atoms with Gasteiger partial charge in [0.15, 0.2) is 11.5 Å². The predicted octanol–water partition coefficient (Wildman–Crippen LogP) is 4.00. The highest BCUT2D eigenvalue weighted by Crippen LogP contribution is 2.28. The zero-order valence-corrected chi connectivity index (χ0v) is 17.4. The quantitative estimate of drug-likeness (QED) is 0.271. The van der Waals surface area contributed by atoms with Crippen LogP contribution >= 0.6 is 0 Å². The Morgan fingerprint density at radius 3 is 2.16 bits per heavy atom. The van der Waals surface area contributed by atoms with Gasteiger partial charge in [-0.15, -0.1) is 0 Å². The molecule has 1 amide bonds. The number of carbonyl (C=O) groups excluding carboxylic acids is 2. The van der Waals surface area contributed by atoms with Crippen LogP contribution in [-0.4, -0.2) is 32.3 Å². The average molecular weight is 418 g/mol. The number of hydrogen-bond donors (Lipinski definition) is 1. The lowest BCUT2D eigenvalue weighted by molar-refractivity contribution is 0.0729. The molecule has 0 saturated heterocycles. The second-order valence-electron chi connectivity index (χ2n) is 6.59. The normalized spacial score (nSPS) is 10.5. The fourth-order valence-electron chi connectivity index (χ4n) is 2.67. The molecule has 0 unspecified atom stereocenters. The van der Waals surface area contributed by atoms with E-state index in [2.05, 4.69) is 10.5 Å². The molecule has 0 heterocycles. The minimum absolute atomic E-state index is 0.249. The Balaban J connectivity index is 1.69. The zero-order valence-electron chi connectivity index (χ0n) is 17.4. The lowest BCUT2D eigenvalue weighted by Gasteiger charge is -2.10. The molecule has 0 fully saturated rings. The van der Waals surface area contributed by atoms with Crippen molar-refractivity contribution < 1.29 is 23.8 Å². The Bertz CT molecular complexity index is 1090. The van der Waals surface area contributed by atoms with Crippen molar-refractivity contribution in [1.82, 2.24) is 5.43 Å². The van der Waals surface area contributed by atoms with E-state index in [-0.39, 0.29) is 11.7 Å². The number of benzene rings is 3. The fraction of sp³-hybridized carbons (Fsp3) is 0.125. The number of aryl methyl sites for hydroxylation is 1. The first kappa shape index (κ1) is 21.6. The number of hydrazone groups is 1. The van der Waals surface area contributed by atoms with Crippen molar-refractivity contribution in [2.24, 2.45) is 5.10 Å². The monoisotopic (exact) mass is 418 g/mol. The largest absolute Gasteiger partial charge is 0.497 e. The van der Waals surface area contributed by atoms with Gasteiger partial charge in [0.25, 0.3) is 5.91 Å². The topological polar surface area (TPSA) is 86.2 Å². The second kappa shape index (κ2) is 10.1. The van der Waals surface area contributed by atoms with Crippen LogP contribution in [0.2, 0.25) is 0 Å². The van der Waals surface area contributed by atoms with Crippen LogP contribution in [0.15, 0.2) is 71.8 Å². The number of rotatable bonds is 7. The highest BCUT2D eigenvalue weighted by molar-refractivity contribution is 5.95. The Morgan fingerprint density at radius 1 is 0.839 bits per heavy atom. The molecule has 31 heavy (non-hydrogen) atoms. The number of esters is 1. The smallest absolute Gasteiger partial charge is 0.343 e. The van der Waals surface area contributed by atoms with Crippen LogP contribution in [0.4, 0.5) is 0 Å². The lowest BCUT2D eigenvalue weighted by Crippen LogP contribution is -2.17.